The van der Waals surface area contributed by atoms with Gasteiger partial charge < -0.3 is 4.90 Å². The molecular formula is C50H33N. The molecule has 0 aliphatic heterocycles. The average Bonchev–Trinajstić information content (AvgIpc) is 3.33. The van der Waals surface area contributed by atoms with Crippen molar-refractivity contribution in [3.05, 3.63) is 200 Å². The van der Waals surface area contributed by atoms with Crippen molar-refractivity contribution in [3.63, 3.8) is 0 Å². The number of nitrogens with zero attached hydrogens (tertiary/aromatic N) is 1. The molecule has 0 bridgehead atoms. The lowest BCUT2D eigenvalue weighted by Gasteiger charge is -2.28. The van der Waals surface area contributed by atoms with Crippen LogP contribution in [-0.4, -0.2) is 0 Å². The molecule has 1 heteroatoms. The summed E-state index contributed by atoms with van der Waals surface area (Å²) in [5.74, 6) is 0. The van der Waals surface area contributed by atoms with Crippen LogP contribution in [0.2, 0.25) is 0 Å². The molecule has 0 aromatic heterocycles. The van der Waals surface area contributed by atoms with Crippen molar-refractivity contribution in [1.82, 2.24) is 0 Å². The second-order valence-corrected chi connectivity index (χ2v) is 13.2. The highest BCUT2D eigenvalue weighted by Crippen LogP contribution is 2.53. The third-order valence-corrected chi connectivity index (χ3v) is 10.4. The summed E-state index contributed by atoms with van der Waals surface area (Å²) in [6.07, 6.45) is 0. The number of benzene rings is 9. The Bertz CT molecular complexity index is 2730. The fraction of sp³-hybridized carbons (Fsp3) is 0. The largest absolute Gasteiger partial charge is 0.310 e. The molecule has 0 saturated heterocycles. The quantitative estimate of drug-likeness (QED) is 0.168. The van der Waals surface area contributed by atoms with Gasteiger partial charge in [0, 0.05) is 16.9 Å². The predicted octanol–water partition coefficient (Wildman–Crippen LogP) is 14.1. The van der Waals surface area contributed by atoms with Crippen molar-refractivity contribution in [1.29, 1.82) is 0 Å². The van der Waals surface area contributed by atoms with Crippen LogP contribution in [0.1, 0.15) is 0 Å². The Balaban J connectivity index is 1.21. The average molecular weight is 648 g/mol. The molecule has 10 rings (SSSR count). The lowest BCUT2D eigenvalue weighted by atomic mass is 9.84. The smallest absolute Gasteiger partial charge is 0.0540 e. The Hall–Kier alpha value is -6.70. The molecule has 0 radical (unpaired) electrons. The van der Waals surface area contributed by atoms with E-state index in [2.05, 4.69) is 205 Å². The van der Waals surface area contributed by atoms with Gasteiger partial charge in [-0.1, -0.05) is 170 Å². The third-order valence-electron chi connectivity index (χ3n) is 10.4. The first-order chi connectivity index (χ1) is 25.3. The van der Waals surface area contributed by atoms with E-state index >= 15 is 0 Å². The highest BCUT2D eigenvalue weighted by molar-refractivity contribution is 6.27. The maximum Gasteiger partial charge on any atom is 0.0540 e. The van der Waals surface area contributed by atoms with E-state index in [1.807, 2.05) is 0 Å². The summed E-state index contributed by atoms with van der Waals surface area (Å²) < 4.78 is 0. The molecule has 9 aromatic carbocycles. The van der Waals surface area contributed by atoms with E-state index in [1.54, 1.807) is 0 Å². The van der Waals surface area contributed by atoms with Crippen LogP contribution >= 0.6 is 0 Å². The summed E-state index contributed by atoms with van der Waals surface area (Å²) in [6.45, 7) is 0. The number of hydrogen-bond acceptors (Lipinski definition) is 1. The molecule has 0 fully saturated rings. The molecule has 9 aromatic rings. The molecule has 0 unspecified atom stereocenters. The third kappa shape index (κ3) is 4.70. The van der Waals surface area contributed by atoms with Crippen LogP contribution < -0.4 is 4.90 Å². The van der Waals surface area contributed by atoms with Gasteiger partial charge in [-0.05, 0) is 102 Å². The molecule has 238 valence electrons. The molecular weight excluding hydrogens is 615 g/mol. The lowest BCUT2D eigenvalue weighted by Crippen LogP contribution is -2.11. The van der Waals surface area contributed by atoms with Crippen molar-refractivity contribution in [2.75, 3.05) is 4.90 Å². The zero-order chi connectivity index (χ0) is 33.7. The van der Waals surface area contributed by atoms with Crippen LogP contribution in [0.25, 0.3) is 77.2 Å². The normalized spacial score (nSPS) is 11.5. The number of para-hydroxylation sites is 2. The van der Waals surface area contributed by atoms with Gasteiger partial charge >= 0.3 is 0 Å². The monoisotopic (exact) mass is 647 g/mol. The number of rotatable bonds is 5. The summed E-state index contributed by atoms with van der Waals surface area (Å²) >= 11 is 0. The number of hydrogen-bond donors (Lipinski definition) is 0. The van der Waals surface area contributed by atoms with Crippen LogP contribution in [0.15, 0.2) is 200 Å². The summed E-state index contributed by atoms with van der Waals surface area (Å²) in [6, 6.07) is 72.9. The second kappa shape index (κ2) is 12.0. The Morgan fingerprint density at radius 2 is 0.725 bits per heavy atom. The summed E-state index contributed by atoms with van der Waals surface area (Å²) in [7, 11) is 0. The second-order valence-electron chi connectivity index (χ2n) is 13.2. The van der Waals surface area contributed by atoms with Crippen molar-refractivity contribution in [2.45, 2.75) is 0 Å². The molecule has 1 aliphatic rings. The van der Waals surface area contributed by atoms with E-state index in [0.29, 0.717) is 0 Å². The minimum Gasteiger partial charge on any atom is -0.310 e. The molecule has 51 heavy (non-hydrogen) atoms. The number of anilines is 3. The molecule has 1 aliphatic carbocycles. The predicted molar refractivity (Wildman–Crippen MR) is 217 cm³/mol. The molecule has 1 nitrogen and oxygen atoms in total. The number of fused-ring (bicyclic) bond motifs is 7. The lowest BCUT2D eigenvalue weighted by molar-refractivity contribution is 1.28. The first kappa shape index (κ1) is 29.2. The van der Waals surface area contributed by atoms with Gasteiger partial charge in [-0.15, -0.1) is 0 Å². The molecule has 0 heterocycles. The molecule has 0 saturated carbocycles. The zero-order valence-electron chi connectivity index (χ0n) is 28.0. The molecule has 0 N–H and O–H groups in total. The Kier molecular flexibility index (Phi) is 6.89. The molecule has 0 atom stereocenters. The van der Waals surface area contributed by atoms with Gasteiger partial charge in [0.05, 0.1) is 5.69 Å². The highest BCUT2D eigenvalue weighted by atomic mass is 15.1. The topological polar surface area (TPSA) is 3.24 Å². The van der Waals surface area contributed by atoms with Crippen LogP contribution in [0.5, 0.6) is 0 Å². The maximum atomic E-state index is 2.37. The van der Waals surface area contributed by atoms with Gasteiger partial charge in [-0.25, -0.2) is 0 Å². The van der Waals surface area contributed by atoms with Gasteiger partial charge in [-0.2, -0.15) is 0 Å². The van der Waals surface area contributed by atoms with Crippen LogP contribution in [0, 0.1) is 0 Å². The standard InChI is InChI=1S/C50H33N/c1-3-16-34(17-4-1)38-20-13-14-29-47(38)51(36-18-5-2-6-19-36)37-32-30-35(31-33-37)48-44-25-11-12-26-45(44)49-42-24-10-9-23-40(42)39-21-7-8-22-41(39)43-27-15-28-46(48)50(43)49/h1-33H. The van der Waals surface area contributed by atoms with Crippen molar-refractivity contribution < 1.29 is 0 Å². The van der Waals surface area contributed by atoms with E-state index in [-0.39, 0.29) is 0 Å². The SMILES string of the molecule is c1ccc(-c2ccccc2N(c2ccccc2)c2ccc(-c3c4ccccc4c4c5c(cccc35)-c3ccccc3-c3ccccc3-4)cc2)cc1. The zero-order valence-corrected chi connectivity index (χ0v) is 28.0. The fourth-order valence-electron chi connectivity index (χ4n) is 8.24. The Labute approximate surface area is 298 Å². The maximum absolute atomic E-state index is 2.37. The highest BCUT2D eigenvalue weighted by Gasteiger charge is 2.25. The Morgan fingerprint density at radius 3 is 1.43 bits per heavy atom. The van der Waals surface area contributed by atoms with Crippen LogP contribution in [0.3, 0.4) is 0 Å². The molecule has 0 amide bonds. The van der Waals surface area contributed by atoms with Gasteiger partial charge in [0.25, 0.3) is 0 Å². The first-order valence-corrected chi connectivity index (χ1v) is 17.6. The van der Waals surface area contributed by atoms with Gasteiger partial charge in [0.2, 0.25) is 0 Å². The van der Waals surface area contributed by atoms with E-state index < -0.39 is 0 Å². The van der Waals surface area contributed by atoms with Crippen LogP contribution in [0.4, 0.5) is 17.1 Å². The van der Waals surface area contributed by atoms with Crippen molar-refractivity contribution in [2.24, 2.45) is 0 Å². The van der Waals surface area contributed by atoms with Crippen LogP contribution in [-0.2, 0) is 0 Å². The molecule has 0 spiro atoms. The summed E-state index contributed by atoms with van der Waals surface area (Å²) in [5, 5.41) is 5.13. The fourth-order valence-corrected chi connectivity index (χ4v) is 8.24. The van der Waals surface area contributed by atoms with Crippen molar-refractivity contribution >= 4 is 38.6 Å². The van der Waals surface area contributed by atoms with E-state index in [0.717, 1.165) is 17.1 Å². The van der Waals surface area contributed by atoms with Crippen molar-refractivity contribution in [3.8, 4) is 55.6 Å². The minimum atomic E-state index is 1.11. The van der Waals surface area contributed by atoms with Gasteiger partial charge in [0.15, 0.2) is 0 Å². The summed E-state index contributed by atoms with van der Waals surface area (Å²) in [4.78, 5) is 2.37. The Morgan fingerprint density at radius 1 is 0.255 bits per heavy atom. The van der Waals surface area contributed by atoms with E-state index in [9.17, 15) is 0 Å². The van der Waals surface area contributed by atoms with Gasteiger partial charge in [-0.3, -0.25) is 0 Å². The summed E-state index contributed by atoms with van der Waals surface area (Å²) in [5.41, 5.74) is 16.0. The minimum absolute atomic E-state index is 1.11. The van der Waals surface area contributed by atoms with Gasteiger partial charge in [0.1, 0.15) is 0 Å². The van der Waals surface area contributed by atoms with E-state index in [4.69, 9.17) is 0 Å². The first-order valence-electron chi connectivity index (χ1n) is 17.6. The van der Waals surface area contributed by atoms with E-state index in [1.165, 1.54) is 77.2 Å².